The highest BCUT2D eigenvalue weighted by atomic mass is 32.1. The molecule has 1 N–H and O–H groups in total. The molecule has 2 unspecified atom stereocenters. The number of imide groups is 1. The lowest BCUT2D eigenvalue weighted by atomic mass is 9.73. The fourth-order valence-corrected chi connectivity index (χ4v) is 5.15. The Labute approximate surface area is 174 Å². The lowest BCUT2D eigenvalue weighted by molar-refractivity contribution is -0.119. The maximum absolute atomic E-state index is 12.8. The summed E-state index contributed by atoms with van der Waals surface area (Å²) in [7, 11) is 0. The summed E-state index contributed by atoms with van der Waals surface area (Å²) < 4.78 is 0. The van der Waals surface area contributed by atoms with E-state index in [9.17, 15) is 14.4 Å². The molecule has 2 aromatic rings. The Hall–Kier alpha value is -2.54. The van der Waals surface area contributed by atoms with Crippen LogP contribution in [0, 0.1) is 11.3 Å². The third-order valence-corrected chi connectivity index (χ3v) is 7.02. The van der Waals surface area contributed by atoms with Crippen LogP contribution in [0.2, 0.25) is 0 Å². The van der Waals surface area contributed by atoms with Gasteiger partial charge in [-0.05, 0) is 49.7 Å². The van der Waals surface area contributed by atoms with Gasteiger partial charge in [0.1, 0.15) is 6.04 Å². The van der Waals surface area contributed by atoms with Gasteiger partial charge < -0.3 is 5.32 Å². The predicted octanol–water partition coefficient (Wildman–Crippen LogP) is 3.92. The summed E-state index contributed by atoms with van der Waals surface area (Å²) in [6.07, 6.45) is 2.98. The van der Waals surface area contributed by atoms with E-state index in [1.807, 2.05) is 0 Å². The molecule has 3 amide bonds. The van der Waals surface area contributed by atoms with Crippen molar-refractivity contribution in [2.75, 3.05) is 5.32 Å². The quantitative estimate of drug-likeness (QED) is 0.777. The number of nitrogens with one attached hydrogen (secondary N) is 1. The molecule has 0 bridgehead atoms. The molecule has 0 saturated heterocycles. The molecule has 0 fully saturated rings. The van der Waals surface area contributed by atoms with Crippen LogP contribution in [0.4, 0.5) is 5.13 Å². The van der Waals surface area contributed by atoms with Crippen molar-refractivity contribution in [3.8, 4) is 0 Å². The molecular formula is C22H25N3O3S. The van der Waals surface area contributed by atoms with Crippen LogP contribution in [0.3, 0.4) is 0 Å². The molecule has 152 valence electrons. The largest absolute Gasteiger partial charge is 0.300 e. The van der Waals surface area contributed by atoms with E-state index in [0.29, 0.717) is 22.2 Å². The summed E-state index contributed by atoms with van der Waals surface area (Å²) in [5.41, 5.74) is 1.98. The van der Waals surface area contributed by atoms with Crippen LogP contribution >= 0.6 is 11.3 Å². The maximum atomic E-state index is 12.8. The normalized spacial score (nSPS) is 19.7. The first-order chi connectivity index (χ1) is 13.7. The van der Waals surface area contributed by atoms with Crippen LogP contribution in [0.25, 0.3) is 0 Å². The van der Waals surface area contributed by atoms with Gasteiger partial charge in [-0.3, -0.25) is 19.3 Å². The van der Waals surface area contributed by atoms with Crippen molar-refractivity contribution >= 4 is 34.2 Å². The topological polar surface area (TPSA) is 79.4 Å². The number of aryl methyl sites for hydroxylation is 1. The molecule has 2 aliphatic rings. The first-order valence-corrected chi connectivity index (χ1v) is 10.7. The summed E-state index contributed by atoms with van der Waals surface area (Å²) in [4.78, 5) is 44.8. The first-order valence-electron chi connectivity index (χ1n) is 9.93. The SMILES string of the molecule is CC(C(=O)Nc1nc2c(s1)CC(C(C)(C)C)CC2)N1C(=O)c2ccccc2C1=O. The van der Waals surface area contributed by atoms with Crippen LogP contribution in [0.15, 0.2) is 24.3 Å². The number of benzene rings is 1. The van der Waals surface area contributed by atoms with Crippen LogP contribution in [-0.4, -0.2) is 33.6 Å². The smallest absolute Gasteiger partial charge is 0.262 e. The van der Waals surface area contributed by atoms with Crippen molar-refractivity contribution in [1.82, 2.24) is 9.88 Å². The molecule has 7 heteroatoms. The summed E-state index contributed by atoms with van der Waals surface area (Å²) in [5, 5.41) is 3.36. The molecule has 29 heavy (non-hydrogen) atoms. The number of fused-ring (bicyclic) bond motifs is 2. The Morgan fingerprint density at radius 1 is 1.21 bits per heavy atom. The van der Waals surface area contributed by atoms with Gasteiger partial charge in [-0.1, -0.05) is 32.9 Å². The molecule has 1 aliphatic carbocycles. The number of hydrogen-bond acceptors (Lipinski definition) is 5. The highest BCUT2D eigenvalue weighted by Crippen LogP contribution is 2.40. The second kappa shape index (κ2) is 7.06. The number of hydrogen-bond donors (Lipinski definition) is 1. The van der Waals surface area contributed by atoms with Crippen LogP contribution in [0.1, 0.15) is 65.4 Å². The predicted molar refractivity (Wildman–Crippen MR) is 112 cm³/mol. The molecule has 6 nitrogen and oxygen atoms in total. The number of thiazole rings is 1. The molecule has 1 aromatic carbocycles. The maximum Gasteiger partial charge on any atom is 0.262 e. The number of anilines is 1. The van der Waals surface area contributed by atoms with Gasteiger partial charge in [0, 0.05) is 4.88 Å². The van der Waals surface area contributed by atoms with Gasteiger partial charge in [-0.25, -0.2) is 4.98 Å². The van der Waals surface area contributed by atoms with Crippen LogP contribution < -0.4 is 5.32 Å². The van der Waals surface area contributed by atoms with Crippen molar-refractivity contribution in [3.63, 3.8) is 0 Å². The second-order valence-electron chi connectivity index (χ2n) is 8.89. The van der Waals surface area contributed by atoms with E-state index < -0.39 is 23.8 Å². The van der Waals surface area contributed by atoms with Crippen molar-refractivity contribution in [2.45, 2.75) is 53.0 Å². The molecule has 0 spiro atoms. The van der Waals surface area contributed by atoms with Gasteiger partial charge in [0.25, 0.3) is 11.8 Å². The summed E-state index contributed by atoms with van der Waals surface area (Å²) in [5.74, 6) is -0.673. The van der Waals surface area contributed by atoms with E-state index in [0.717, 1.165) is 29.9 Å². The molecule has 0 radical (unpaired) electrons. The average Bonchev–Trinajstić information content (AvgIpc) is 3.18. The van der Waals surface area contributed by atoms with E-state index in [4.69, 9.17) is 0 Å². The zero-order chi connectivity index (χ0) is 20.9. The Kier molecular flexibility index (Phi) is 4.81. The Morgan fingerprint density at radius 2 is 1.83 bits per heavy atom. The van der Waals surface area contributed by atoms with Crippen molar-refractivity contribution in [1.29, 1.82) is 0 Å². The molecular weight excluding hydrogens is 386 g/mol. The standard InChI is InChI=1S/C22H25N3O3S/c1-12(25-19(27)14-7-5-6-8-15(14)20(25)28)18(26)24-21-23-16-10-9-13(22(2,3)4)11-17(16)29-21/h5-8,12-13H,9-11H2,1-4H3,(H,23,24,26). The fourth-order valence-electron chi connectivity index (χ4n) is 4.05. The number of carbonyl (C=O) groups excluding carboxylic acids is 3. The van der Waals surface area contributed by atoms with E-state index >= 15 is 0 Å². The molecule has 1 aliphatic heterocycles. The van der Waals surface area contributed by atoms with Gasteiger partial charge in [0.05, 0.1) is 16.8 Å². The first kappa shape index (κ1) is 19.8. The summed E-state index contributed by atoms with van der Waals surface area (Å²) in [6, 6.07) is 5.74. The average molecular weight is 412 g/mol. The zero-order valence-corrected chi connectivity index (χ0v) is 17.9. The number of aromatic nitrogens is 1. The third kappa shape index (κ3) is 3.48. The van der Waals surface area contributed by atoms with Crippen molar-refractivity contribution in [2.24, 2.45) is 11.3 Å². The number of nitrogens with zero attached hydrogens (tertiary/aromatic N) is 2. The Bertz CT molecular complexity index is 970. The molecule has 0 saturated carbocycles. The molecule has 1 aromatic heterocycles. The summed E-state index contributed by atoms with van der Waals surface area (Å²) in [6.45, 7) is 8.35. The third-order valence-electron chi connectivity index (χ3n) is 5.99. The minimum absolute atomic E-state index is 0.241. The zero-order valence-electron chi connectivity index (χ0n) is 17.1. The number of carbonyl (C=O) groups is 3. The summed E-state index contributed by atoms with van der Waals surface area (Å²) >= 11 is 1.50. The lowest BCUT2D eigenvalue weighted by Gasteiger charge is -2.33. The van der Waals surface area contributed by atoms with Crippen LogP contribution in [-0.2, 0) is 17.6 Å². The monoisotopic (exact) mass is 411 g/mol. The Morgan fingerprint density at radius 3 is 2.41 bits per heavy atom. The number of rotatable bonds is 3. The highest BCUT2D eigenvalue weighted by molar-refractivity contribution is 7.15. The van der Waals surface area contributed by atoms with Crippen molar-refractivity contribution < 1.29 is 14.4 Å². The minimum atomic E-state index is -0.911. The van der Waals surface area contributed by atoms with Gasteiger partial charge in [0.15, 0.2) is 5.13 Å². The van der Waals surface area contributed by atoms with E-state index in [2.05, 4.69) is 31.1 Å². The molecule has 2 heterocycles. The van der Waals surface area contributed by atoms with E-state index in [-0.39, 0.29) is 5.41 Å². The van der Waals surface area contributed by atoms with Gasteiger partial charge in [0.2, 0.25) is 5.91 Å². The van der Waals surface area contributed by atoms with Gasteiger partial charge >= 0.3 is 0 Å². The second-order valence-corrected chi connectivity index (χ2v) is 9.97. The lowest BCUT2D eigenvalue weighted by Crippen LogP contribution is -2.45. The van der Waals surface area contributed by atoms with E-state index in [1.54, 1.807) is 31.2 Å². The van der Waals surface area contributed by atoms with Gasteiger partial charge in [-0.2, -0.15) is 0 Å². The minimum Gasteiger partial charge on any atom is -0.300 e. The van der Waals surface area contributed by atoms with Gasteiger partial charge in [-0.15, -0.1) is 11.3 Å². The van der Waals surface area contributed by atoms with E-state index in [1.165, 1.54) is 16.2 Å². The Balaban J connectivity index is 1.48. The molecule has 2 atom stereocenters. The highest BCUT2D eigenvalue weighted by Gasteiger charge is 2.41. The number of amides is 3. The fraction of sp³-hybridized carbons (Fsp3) is 0.455. The van der Waals surface area contributed by atoms with Crippen LogP contribution in [0.5, 0.6) is 0 Å². The van der Waals surface area contributed by atoms with Crippen molar-refractivity contribution in [3.05, 3.63) is 46.0 Å². The molecule has 4 rings (SSSR count).